The van der Waals surface area contributed by atoms with Crippen molar-refractivity contribution in [2.24, 2.45) is 5.73 Å². The molecule has 3 N–H and O–H groups in total. The van der Waals surface area contributed by atoms with Crippen molar-refractivity contribution in [3.63, 3.8) is 0 Å². The highest BCUT2D eigenvalue weighted by atomic mass is 32.2. The van der Waals surface area contributed by atoms with Gasteiger partial charge in [0, 0.05) is 0 Å². The Kier molecular flexibility index (Phi) is 6.17. The Bertz CT molecular complexity index is 1180. The van der Waals surface area contributed by atoms with Crippen LogP contribution in [-0.4, -0.2) is 26.8 Å². The molecular formula is C22H21N3O4S. The van der Waals surface area contributed by atoms with Crippen LogP contribution in [0.5, 0.6) is 0 Å². The molecule has 3 aromatic rings. The summed E-state index contributed by atoms with van der Waals surface area (Å²) in [5, 5.41) is 2.58. The molecule has 0 saturated heterocycles. The zero-order valence-corrected chi connectivity index (χ0v) is 17.1. The van der Waals surface area contributed by atoms with Crippen molar-refractivity contribution in [2.75, 3.05) is 16.2 Å². The number of sulfonamides is 1. The lowest BCUT2D eigenvalue weighted by molar-refractivity contribution is -0.114. The van der Waals surface area contributed by atoms with Gasteiger partial charge in [-0.05, 0) is 48.9 Å². The molecule has 0 fully saturated rings. The maximum atomic E-state index is 13.3. The molecule has 0 aliphatic carbocycles. The van der Waals surface area contributed by atoms with E-state index in [0.717, 1.165) is 9.87 Å². The van der Waals surface area contributed by atoms with Gasteiger partial charge in [0.15, 0.2) is 0 Å². The number of nitrogens with two attached hydrogens (primary N) is 1. The van der Waals surface area contributed by atoms with Gasteiger partial charge in [0.05, 0.1) is 21.8 Å². The largest absolute Gasteiger partial charge is 0.366 e. The fraction of sp³-hybridized carbons (Fsp3) is 0.0909. The molecule has 30 heavy (non-hydrogen) atoms. The van der Waals surface area contributed by atoms with E-state index in [2.05, 4.69) is 5.32 Å². The molecule has 7 nitrogen and oxygen atoms in total. The molecule has 0 heterocycles. The fourth-order valence-corrected chi connectivity index (χ4v) is 4.38. The molecular weight excluding hydrogens is 402 g/mol. The van der Waals surface area contributed by atoms with Crippen LogP contribution in [0.4, 0.5) is 11.4 Å². The lowest BCUT2D eigenvalue weighted by Gasteiger charge is -2.24. The second kappa shape index (κ2) is 8.79. The standard InChI is InChI=1S/C22H21N3O4S/c1-16-8-7-9-17(14-16)25(30(28,29)18-10-3-2-4-11-18)15-21(26)24-20-13-6-5-12-19(20)22(23)27/h2-14H,15H2,1H3,(H2,23,27)(H,24,26). The number of rotatable bonds is 7. The second-order valence-corrected chi connectivity index (χ2v) is 8.48. The van der Waals surface area contributed by atoms with E-state index in [9.17, 15) is 18.0 Å². The van der Waals surface area contributed by atoms with E-state index in [1.807, 2.05) is 13.0 Å². The number of hydrogen-bond donors (Lipinski definition) is 2. The number of carbonyl (C=O) groups is 2. The van der Waals surface area contributed by atoms with Crippen molar-refractivity contribution in [3.05, 3.63) is 90.0 Å². The van der Waals surface area contributed by atoms with Gasteiger partial charge in [-0.1, -0.05) is 42.5 Å². The van der Waals surface area contributed by atoms with Crippen LogP contribution < -0.4 is 15.4 Å². The summed E-state index contributed by atoms with van der Waals surface area (Å²) in [5.74, 6) is -1.30. The molecule has 0 aliphatic heterocycles. The molecule has 2 amide bonds. The third kappa shape index (κ3) is 4.66. The molecule has 0 spiro atoms. The highest BCUT2D eigenvalue weighted by Gasteiger charge is 2.27. The van der Waals surface area contributed by atoms with Crippen molar-refractivity contribution in [3.8, 4) is 0 Å². The number of anilines is 2. The zero-order chi connectivity index (χ0) is 21.7. The van der Waals surface area contributed by atoms with Crippen LogP contribution in [0.1, 0.15) is 15.9 Å². The number of amides is 2. The highest BCUT2D eigenvalue weighted by molar-refractivity contribution is 7.92. The maximum absolute atomic E-state index is 13.3. The molecule has 0 aromatic heterocycles. The highest BCUT2D eigenvalue weighted by Crippen LogP contribution is 2.25. The summed E-state index contributed by atoms with van der Waals surface area (Å²) in [4.78, 5) is 24.4. The van der Waals surface area contributed by atoms with Crippen LogP contribution in [0.2, 0.25) is 0 Å². The first kappa shape index (κ1) is 21.1. The zero-order valence-electron chi connectivity index (χ0n) is 16.3. The van der Waals surface area contributed by atoms with Crippen molar-refractivity contribution in [1.82, 2.24) is 0 Å². The fourth-order valence-electron chi connectivity index (χ4n) is 2.94. The number of benzene rings is 3. The van der Waals surface area contributed by atoms with Gasteiger partial charge in [-0.25, -0.2) is 8.42 Å². The van der Waals surface area contributed by atoms with E-state index < -0.39 is 28.4 Å². The molecule has 3 aromatic carbocycles. The molecule has 0 saturated carbocycles. The van der Waals surface area contributed by atoms with Crippen LogP contribution in [-0.2, 0) is 14.8 Å². The Balaban J connectivity index is 1.96. The Labute approximate surface area is 175 Å². The number of hydrogen-bond acceptors (Lipinski definition) is 4. The average molecular weight is 423 g/mol. The van der Waals surface area contributed by atoms with Gasteiger partial charge in [0.25, 0.3) is 15.9 Å². The smallest absolute Gasteiger partial charge is 0.264 e. The Morgan fingerprint density at radius 2 is 1.60 bits per heavy atom. The van der Waals surface area contributed by atoms with Gasteiger partial charge < -0.3 is 11.1 Å². The molecule has 0 radical (unpaired) electrons. The van der Waals surface area contributed by atoms with E-state index in [1.54, 1.807) is 48.5 Å². The molecule has 3 rings (SSSR count). The molecule has 0 aliphatic rings. The Morgan fingerprint density at radius 3 is 2.27 bits per heavy atom. The third-order valence-corrected chi connectivity index (χ3v) is 6.16. The van der Waals surface area contributed by atoms with E-state index >= 15 is 0 Å². The summed E-state index contributed by atoms with van der Waals surface area (Å²) in [6.45, 7) is 1.35. The first-order valence-corrected chi connectivity index (χ1v) is 10.6. The number of nitrogens with zero attached hydrogens (tertiary/aromatic N) is 1. The van der Waals surface area contributed by atoms with Crippen LogP contribution in [0, 0.1) is 6.92 Å². The summed E-state index contributed by atoms with van der Waals surface area (Å²) < 4.78 is 27.6. The van der Waals surface area contributed by atoms with Crippen molar-refractivity contribution < 1.29 is 18.0 Å². The monoisotopic (exact) mass is 423 g/mol. The average Bonchev–Trinajstić information content (AvgIpc) is 2.73. The summed E-state index contributed by atoms with van der Waals surface area (Å²) in [6, 6.07) is 21.0. The number of carbonyl (C=O) groups excluding carboxylic acids is 2. The lowest BCUT2D eigenvalue weighted by atomic mass is 10.1. The van der Waals surface area contributed by atoms with Crippen LogP contribution in [0.25, 0.3) is 0 Å². The van der Waals surface area contributed by atoms with E-state index in [0.29, 0.717) is 5.69 Å². The van der Waals surface area contributed by atoms with Gasteiger partial charge in [-0.2, -0.15) is 0 Å². The van der Waals surface area contributed by atoms with Gasteiger partial charge in [-0.3, -0.25) is 13.9 Å². The van der Waals surface area contributed by atoms with E-state index in [-0.39, 0.29) is 16.1 Å². The quantitative estimate of drug-likeness (QED) is 0.609. The summed E-state index contributed by atoms with van der Waals surface area (Å²) in [6.07, 6.45) is 0. The maximum Gasteiger partial charge on any atom is 0.264 e. The minimum absolute atomic E-state index is 0.0665. The van der Waals surface area contributed by atoms with Crippen molar-refractivity contribution in [1.29, 1.82) is 0 Å². The van der Waals surface area contributed by atoms with Gasteiger partial charge in [0.1, 0.15) is 6.54 Å². The topological polar surface area (TPSA) is 110 Å². The van der Waals surface area contributed by atoms with Crippen LogP contribution in [0.15, 0.2) is 83.8 Å². The molecule has 154 valence electrons. The lowest BCUT2D eigenvalue weighted by Crippen LogP contribution is -2.38. The Hall–Kier alpha value is -3.65. The van der Waals surface area contributed by atoms with Crippen molar-refractivity contribution in [2.45, 2.75) is 11.8 Å². The number of primary amides is 1. The van der Waals surface area contributed by atoms with Crippen LogP contribution in [0.3, 0.4) is 0 Å². The van der Waals surface area contributed by atoms with Gasteiger partial charge in [0.2, 0.25) is 5.91 Å². The van der Waals surface area contributed by atoms with Crippen molar-refractivity contribution >= 4 is 33.2 Å². The molecule has 8 heteroatoms. The molecule has 0 bridgehead atoms. The first-order chi connectivity index (χ1) is 14.3. The normalized spacial score (nSPS) is 11.0. The van der Waals surface area contributed by atoms with Gasteiger partial charge >= 0.3 is 0 Å². The van der Waals surface area contributed by atoms with Crippen LogP contribution >= 0.6 is 0 Å². The Morgan fingerprint density at radius 1 is 0.933 bits per heavy atom. The molecule has 0 unspecified atom stereocenters. The predicted octanol–water partition coefficient (Wildman–Crippen LogP) is 2.93. The van der Waals surface area contributed by atoms with E-state index in [1.165, 1.54) is 24.3 Å². The van der Waals surface area contributed by atoms with E-state index in [4.69, 9.17) is 5.73 Å². The SMILES string of the molecule is Cc1cccc(N(CC(=O)Nc2ccccc2C(N)=O)S(=O)(=O)c2ccccc2)c1. The summed E-state index contributed by atoms with van der Waals surface area (Å²) >= 11 is 0. The number of para-hydroxylation sites is 1. The minimum atomic E-state index is -4.00. The predicted molar refractivity (Wildman–Crippen MR) is 116 cm³/mol. The summed E-state index contributed by atoms with van der Waals surface area (Å²) in [7, 11) is -4.00. The second-order valence-electron chi connectivity index (χ2n) is 6.62. The minimum Gasteiger partial charge on any atom is -0.366 e. The molecule has 0 atom stereocenters. The number of nitrogens with one attached hydrogen (secondary N) is 1. The third-order valence-electron chi connectivity index (χ3n) is 4.37. The number of aryl methyl sites for hydroxylation is 1. The van der Waals surface area contributed by atoms with Gasteiger partial charge in [-0.15, -0.1) is 0 Å². The first-order valence-electron chi connectivity index (χ1n) is 9.12. The summed E-state index contributed by atoms with van der Waals surface area (Å²) in [5.41, 5.74) is 6.91.